The predicted molar refractivity (Wildman–Crippen MR) is 82.2 cm³/mol. The first kappa shape index (κ1) is 11.5. The second kappa shape index (κ2) is 4.08. The van der Waals surface area contributed by atoms with Crippen molar-refractivity contribution in [1.82, 2.24) is 5.32 Å². The van der Waals surface area contributed by atoms with Gasteiger partial charge >= 0.3 is 5.97 Å². The lowest BCUT2D eigenvalue weighted by molar-refractivity contribution is 0.0699. The van der Waals surface area contributed by atoms with Crippen molar-refractivity contribution in [2.75, 3.05) is 0 Å². The fourth-order valence-corrected chi connectivity index (χ4v) is 4.06. The lowest BCUT2D eigenvalue weighted by Crippen LogP contribution is -2.11. The minimum Gasteiger partial charge on any atom is -0.478 e. The highest BCUT2D eigenvalue weighted by molar-refractivity contribution is 7.26. The maximum absolute atomic E-state index is 11.6. The minimum absolute atomic E-state index is 0.391. The first-order chi connectivity index (χ1) is 9.75. The van der Waals surface area contributed by atoms with E-state index < -0.39 is 5.97 Å². The maximum Gasteiger partial charge on any atom is 0.336 e. The van der Waals surface area contributed by atoms with Crippen LogP contribution in [0, 0.1) is 0 Å². The monoisotopic (exact) mass is 281 g/mol. The molecule has 0 atom stereocenters. The topological polar surface area (TPSA) is 49.3 Å². The molecule has 0 aliphatic carbocycles. The zero-order chi connectivity index (χ0) is 13.7. The molecule has 1 aliphatic rings. The van der Waals surface area contributed by atoms with Crippen molar-refractivity contribution in [2.45, 2.75) is 6.54 Å². The number of carbonyl (C=O) groups is 1. The van der Waals surface area contributed by atoms with Gasteiger partial charge in [-0.3, -0.25) is 0 Å². The Morgan fingerprint density at radius 3 is 3.00 bits per heavy atom. The number of nitrogens with one attached hydrogen (secondary N) is 1. The molecule has 4 rings (SSSR count). The number of rotatable bonds is 1. The molecule has 0 saturated heterocycles. The van der Waals surface area contributed by atoms with Gasteiger partial charge in [0, 0.05) is 26.7 Å². The smallest absolute Gasteiger partial charge is 0.336 e. The minimum atomic E-state index is -0.867. The number of carboxylic acids is 1. The molecule has 0 spiro atoms. The molecule has 2 N–H and O–H groups in total. The third kappa shape index (κ3) is 1.48. The fourth-order valence-electron chi connectivity index (χ4n) is 2.78. The Hall–Kier alpha value is -2.33. The predicted octanol–water partition coefficient (Wildman–Crippen LogP) is 3.83. The third-order valence-corrected chi connectivity index (χ3v) is 4.91. The van der Waals surface area contributed by atoms with Crippen LogP contribution in [0.15, 0.2) is 36.5 Å². The average molecular weight is 281 g/mol. The van der Waals surface area contributed by atoms with E-state index in [1.807, 2.05) is 36.5 Å². The highest BCUT2D eigenvalue weighted by Crippen LogP contribution is 2.40. The molecule has 3 nitrogen and oxygen atoms in total. The molecule has 1 aliphatic heterocycles. The number of thiophene rings is 1. The van der Waals surface area contributed by atoms with E-state index in [2.05, 4.69) is 5.32 Å². The standard InChI is InChI=1S/C16H11NO2S/c18-16(19)11-7-9-5-6-17-8-12(9)15-14(11)10-3-1-2-4-13(10)20-15/h1-7,17H,8H2,(H,18,19). The van der Waals surface area contributed by atoms with E-state index in [-0.39, 0.29) is 0 Å². The van der Waals surface area contributed by atoms with Gasteiger partial charge in [0.1, 0.15) is 0 Å². The van der Waals surface area contributed by atoms with Crippen LogP contribution in [0.25, 0.3) is 26.2 Å². The van der Waals surface area contributed by atoms with Gasteiger partial charge in [-0.25, -0.2) is 4.79 Å². The van der Waals surface area contributed by atoms with Gasteiger partial charge in [-0.05, 0) is 35.5 Å². The molecule has 1 aromatic heterocycles. The van der Waals surface area contributed by atoms with Crippen LogP contribution in [-0.2, 0) is 6.54 Å². The summed E-state index contributed by atoms with van der Waals surface area (Å²) in [6, 6.07) is 9.78. The summed E-state index contributed by atoms with van der Waals surface area (Å²) in [6.45, 7) is 0.745. The van der Waals surface area contributed by atoms with Crippen molar-refractivity contribution in [3.8, 4) is 0 Å². The van der Waals surface area contributed by atoms with Gasteiger partial charge in [-0.15, -0.1) is 11.3 Å². The van der Waals surface area contributed by atoms with Crippen molar-refractivity contribution in [3.63, 3.8) is 0 Å². The van der Waals surface area contributed by atoms with Crippen LogP contribution in [0.3, 0.4) is 0 Å². The second-order valence-electron chi connectivity index (χ2n) is 4.81. The molecule has 0 unspecified atom stereocenters. The summed E-state index contributed by atoms with van der Waals surface area (Å²) in [6.07, 6.45) is 3.81. The average Bonchev–Trinajstić information content (AvgIpc) is 2.86. The molecule has 2 aromatic carbocycles. The Labute approximate surface area is 119 Å². The first-order valence-electron chi connectivity index (χ1n) is 6.36. The molecule has 2 heterocycles. The highest BCUT2D eigenvalue weighted by Gasteiger charge is 2.20. The van der Waals surface area contributed by atoms with Gasteiger partial charge in [0.05, 0.1) is 5.56 Å². The molecular formula is C16H11NO2S. The third-order valence-electron chi connectivity index (χ3n) is 3.68. The van der Waals surface area contributed by atoms with E-state index in [9.17, 15) is 9.90 Å². The van der Waals surface area contributed by atoms with E-state index in [1.54, 1.807) is 17.4 Å². The summed E-state index contributed by atoms with van der Waals surface area (Å²) in [4.78, 5) is 11.6. The number of carboxylic acid groups (broad SMARTS) is 1. The molecule has 98 valence electrons. The molecule has 0 saturated carbocycles. The van der Waals surface area contributed by atoms with Crippen molar-refractivity contribution in [1.29, 1.82) is 0 Å². The lowest BCUT2D eigenvalue weighted by atomic mass is 9.97. The molecule has 0 bridgehead atoms. The van der Waals surface area contributed by atoms with Crippen molar-refractivity contribution >= 4 is 43.6 Å². The molecule has 20 heavy (non-hydrogen) atoms. The molecule has 0 radical (unpaired) electrons. The first-order valence-corrected chi connectivity index (χ1v) is 7.17. The van der Waals surface area contributed by atoms with E-state index in [1.165, 1.54) is 5.56 Å². The zero-order valence-electron chi connectivity index (χ0n) is 10.5. The molecule has 3 aromatic rings. The normalized spacial score (nSPS) is 13.4. The van der Waals surface area contributed by atoms with Crippen LogP contribution in [0.4, 0.5) is 0 Å². The zero-order valence-corrected chi connectivity index (χ0v) is 11.3. The summed E-state index contributed by atoms with van der Waals surface area (Å²) in [5.74, 6) is -0.867. The second-order valence-corrected chi connectivity index (χ2v) is 5.87. The van der Waals surface area contributed by atoms with Gasteiger partial charge in [-0.1, -0.05) is 18.2 Å². The van der Waals surface area contributed by atoms with Crippen LogP contribution in [-0.4, -0.2) is 11.1 Å². The molecule has 0 fully saturated rings. The van der Waals surface area contributed by atoms with Crippen LogP contribution in [0.1, 0.15) is 21.5 Å². The van der Waals surface area contributed by atoms with Crippen LogP contribution >= 0.6 is 11.3 Å². The molecule has 0 amide bonds. The van der Waals surface area contributed by atoms with Gasteiger partial charge in [-0.2, -0.15) is 0 Å². The fraction of sp³-hybridized carbons (Fsp3) is 0.0625. The summed E-state index contributed by atoms with van der Waals surface area (Å²) in [7, 11) is 0. The van der Waals surface area contributed by atoms with Gasteiger partial charge in [0.2, 0.25) is 0 Å². The SMILES string of the molecule is O=C(O)c1cc2c(c3sc4ccccc4c13)CNC=C2. The Kier molecular flexibility index (Phi) is 2.35. The lowest BCUT2D eigenvalue weighted by Gasteiger charge is -2.14. The largest absolute Gasteiger partial charge is 0.478 e. The van der Waals surface area contributed by atoms with Gasteiger partial charge in [0.15, 0.2) is 0 Å². The van der Waals surface area contributed by atoms with Crippen LogP contribution < -0.4 is 5.32 Å². The summed E-state index contributed by atoms with van der Waals surface area (Å²) in [5, 5.41) is 14.6. The quantitative estimate of drug-likeness (QED) is 0.712. The Bertz CT molecular complexity index is 892. The van der Waals surface area contributed by atoms with E-state index >= 15 is 0 Å². The maximum atomic E-state index is 11.6. The summed E-state index contributed by atoms with van der Waals surface area (Å²) in [5.41, 5.74) is 2.58. The Balaban J connectivity index is 2.26. The number of benzene rings is 2. The highest BCUT2D eigenvalue weighted by atomic mass is 32.1. The number of hydrogen-bond donors (Lipinski definition) is 2. The van der Waals surface area contributed by atoms with Crippen molar-refractivity contribution in [2.24, 2.45) is 0 Å². The van der Waals surface area contributed by atoms with Gasteiger partial charge < -0.3 is 10.4 Å². The summed E-state index contributed by atoms with van der Waals surface area (Å²) < 4.78 is 2.21. The van der Waals surface area contributed by atoms with Gasteiger partial charge in [0.25, 0.3) is 0 Å². The van der Waals surface area contributed by atoms with E-state index in [0.717, 1.165) is 32.3 Å². The number of hydrogen-bond acceptors (Lipinski definition) is 3. The van der Waals surface area contributed by atoms with Crippen LogP contribution in [0.2, 0.25) is 0 Å². The summed E-state index contributed by atoms with van der Waals surface area (Å²) >= 11 is 1.67. The van der Waals surface area contributed by atoms with E-state index in [0.29, 0.717) is 5.56 Å². The van der Waals surface area contributed by atoms with E-state index in [4.69, 9.17) is 0 Å². The molecular weight excluding hydrogens is 270 g/mol. The van der Waals surface area contributed by atoms with Crippen molar-refractivity contribution < 1.29 is 9.90 Å². The number of aromatic carboxylic acids is 1. The Morgan fingerprint density at radius 2 is 2.15 bits per heavy atom. The van der Waals surface area contributed by atoms with Crippen LogP contribution in [0.5, 0.6) is 0 Å². The number of fused-ring (bicyclic) bond motifs is 5. The van der Waals surface area contributed by atoms with Crippen molar-refractivity contribution in [3.05, 3.63) is 53.2 Å². The Morgan fingerprint density at radius 1 is 1.30 bits per heavy atom. The molecule has 4 heteroatoms.